The van der Waals surface area contributed by atoms with Crippen molar-refractivity contribution in [2.75, 3.05) is 6.61 Å². The summed E-state index contributed by atoms with van der Waals surface area (Å²) in [6.07, 6.45) is 5.37. The number of hydrogen-bond donors (Lipinski definition) is 2. The molecule has 7 rings (SSSR count). The van der Waals surface area contributed by atoms with Crippen molar-refractivity contribution in [3.63, 3.8) is 0 Å². The lowest BCUT2D eigenvalue weighted by Gasteiger charge is -2.29. The fourth-order valence-electron chi connectivity index (χ4n) is 6.01. The third-order valence-electron chi connectivity index (χ3n) is 8.03. The van der Waals surface area contributed by atoms with Gasteiger partial charge in [-0.15, -0.1) is 0 Å². The Bertz CT molecular complexity index is 1220. The van der Waals surface area contributed by atoms with Gasteiger partial charge in [-0.1, -0.05) is 18.2 Å². The van der Waals surface area contributed by atoms with Crippen LogP contribution in [0.1, 0.15) is 83.6 Å². The molecular formula is C28H32N4O3. The summed E-state index contributed by atoms with van der Waals surface area (Å²) in [5, 5.41) is 3.26. The van der Waals surface area contributed by atoms with E-state index in [1.165, 1.54) is 28.0 Å². The Morgan fingerprint density at radius 3 is 2.83 bits per heavy atom. The fourth-order valence-corrected chi connectivity index (χ4v) is 6.01. The highest BCUT2D eigenvalue weighted by Gasteiger charge is 2.40. The van der Waals surface area contributed by atoms with E-state index in [0.717, 1.165) is 31.2 Å². The first-order valence-electron chi connectivity index (χ1n) is 12.8. The van der Waals surface area contributed by atoms with Gasteiger partial charge < -0.3 is 15.8 Å². The monoisotopic (exact) mass is 472 g/mol. The number of rotatable bonds is 2. The van der Waals surface area contributed by atoms with Gasteiger partial charge in [0.2, 0.25) is 5.91 Å². The van der Waals surface area contributed by atoms with Crippen LogP contribution in [0.15, 0.2) is 41.4 Å². The first kappa shape index (κ1) is 22.1. The minimum Gasteiger partial charge on any atom is -0.494 e. The second-order valence-corrected chi connectivity index (χ2v) is 10.3. The summed E-state index contributed by atoms with van der Waals surface area (Å²) in [5.41, 5.74) is 11.6. The molecule has 6 bridgehead atoms. The van der Waals surface area contributed by atoms with Crippen molar-refractivity contribution < 1.29 is 14.3 Å². The molecule has 5 aliphatic rings. The summed E-state index contributed by atoms with van der Waals surface area (Å²) < 4.78 is 5.81. The molecule has 0 spiro atoms. The molecule has 3 aliphatic heterocycles. The van der Waals surface area contributed by atoms with Crippen molar-refractivity contribution in [3.8, 4) is 5.75 Å². The Kier molecular flexibility index (Phi) is 5.50. The lowest BCUT2D eigenvalue weighted by atomic mass is 9.98. The molecule has 7 nitrogen and oxygen atoms in total. The molecule has 2 aliphatic carbocycles. The van der Waals surface area contributed by atoms with Crippen LogP contribution in [0, 0.1) is 5.92 Å². The van der Waals surface area contributed by atoms with Gasteiger partial charge in [-0.3, -0.25) is 14.5 Å². The number of carbonyl (C=O) groups is 2. The van der Waals surface area contributed by atoms with Crippen molar-refractivity contribution in [3.05, 3.63) is 64.2 Å². The van der Waals surface area contributed by atoms with Crippen LogP contribution in [-0.4, -0.2) is 35.3 Å². The van der Waals surface area contributed by atoms with Crippen LogP contribution in [-0.2, 0) is 17.8 Å². The lowest BCUT2D eigenvalue weighted by molar-refractivity contribution is -0.129. The SMILES string of the molecule is CCOc1ccc2cc1CN1C(=O)CC(CCC3CC3c3ccc4c(c3)C(CC4)NC2=O)N=C1N. The van der Waals surface area contributed by atoms with Gasteiger partial charge in [-0.2, -0.15) is 0 Å². The van der Waals surface area contributed by atoms with E-state index < -0.39 is 0 Å². The molecule has 7 heteroatoms. The topological polar surface area (TPSA) is 97.0 Å². The van der Waals surface area contributed by atoms with E-state index in [2.05, 4.69) is 28.5 Å². The van der Waals surface area contributed by atoms with Gasteiger partial charge in [0.25, 0.3) is 5.91 Å². The number of nitrogens with two attached hydrogens (primary N) is 1. The largest absolute Gasteiger partial charge is 0.494 e. The van der Waals surface area contributed by atoms with Crippen LogP contribution >= 0.6 is 0 Å². The van der Waals surface area contributed by atoms with Crippen LogP contribution in [0.3, 0.4) is 0 Å². The molecule has 2 amide bonds. The Labute approximate surface area is 205 Å². The minimum absolute atomic E-state index is 0.0210. The van der Waals surface area contributed by atoms with Gasteiger partial charge in [0.05, 0.1) is 25.2 Å². The Morgan fingerprint density at radius 1 is 1.11 bits per heavy atom. The highest BCUT2D eigenvalue weighted by molar-refractivity contribution is 5.99. The van der Waals surface area contributed by atoms with Crippen LogP contribution in [0.4, 0.5) is 0 Å². The minimum atomic E-state index is -0.116. The lowest BCUT2D eigenvalue weighted by Crippen LogP contribution is -2.46. The van der Waals surface area contributed by atoms with Gasteiger partial charge >= 0.3 is 0 Å². The second-order valence-electron chi connectivity index (χ2n) is 10.3. The number of ether oxygens (including phenoxy) is 1. The average Bonchev–Trinajstić information content (AvgIpc) is 3.52. The number of nitrogens with one attached hydrogen (secondary N) is 1. The third-order valence-corrected chi connectivity index (χ3v) is 8.03. The number of hydrogen-bond acceptors (Lipinski definition) is 5. The first-order valence-corrected chi connectivity index (χ1v) is 12.8. The number of amides is 2. The zero-order valence-corrected chi connectivity index (χ0v) is 20.1. The predicted molar refractivity (Wildman–Crippen MR) is 133 cm³/mol. The standard InChI is InChI=1S/C28H32N4O3/c1-2-35-25-10-7-19-11-20(25)15-32-26(33)14-21(30-28(32)29)8-5-18-12-22(18)17-4-3-16-6-9-24(23(16)13-17)31-27(19)34/h3-4,7,10-11,13,18,21-22,24H,2,5-6,8-9,12,14-15H2,1H3,(H2,29,30)(H,31,34). The molecule has 0 saturated heterocycles. The van der Waals surface area contributed by atoms with E-state index in [-0.39, 0.29) is 36.4 Å². The van der Waals surface area contributed by atoms with E-state index in [1.807, 2.05) is 19.1 Å². The number of carbonyl (C=O) groups excluding carboxylic acids is 2. The number of guanidine groups is 1. The third kappa shape index (κ3) is 4.17. The Hall–Kier alpha value is -3.35. The molecule has 1 fully saturated rings. The Morgan fingerprint density at radius 2 is 2.00 bits per heavy atom. The van der Waals surface area contributed by atoms with Crippen molar-refractivity contribution in [2.45, 2.75) is 70.0 Å². The number of fused-ring (bicyclic) bond motifs is 3. The van der Waals surface area contributed by atoms with E-state index in [1.54, 1.807) is 6.07 Å². The van der Waals surface area contributed by atoms with Crippen molar-refractivity contribution >= 4 is 17.8 Å². The molecule has 2 aromatic rings. The van der Waals surface area contributed by atoms with Crippen LogP contribution < -0.4 is 15.8 Å². The maximum Gasteiger partial charge on any atom is 0.251 e. The summed E-state index contributed by atoms with van der Waals surface area (Å²) in [7, 11) is 0. The summed E-state index contributed by atoms with van der Waals surface area (Å²) in [4.78, 5) is 32.6. The summed E-state index contributed by atoms with van der Waals surface area (Å²) >= 11 is 0. The molecule has 0 aromatic heterocycles. The van der Waals surface area contributed by atoms with Gasteiger partial charge in [0.1, 0.15) is 5.75 Å². The van der Waals surface area contributed by atoms with Gasteiger partial charge in [-0.25, -0.2) is 4.99 Å². The van der Waals surface area contributed by atoms with E-state index in [4.69, 9.17) is 10.5 Å². The maximum atomic E-state index is 13.3. The van der Waals surface area contributed by atoms with Crippen LogP contribution in [0.2, 0.25) is 0 Å². The highest BCUT2D eigenvalue weighted by atomic mass is 16.5. The van der Waals surface area contributed by atoms with Crippen LogP contribution in [0.5, 0.6) is 5.75 Å². The van der Waals surface area contributed by atoms with Gasteiger partial charge in [0, 0.05) is 17.5 Å². The van der Waals surface area contributed by atoms with Crippen LogP contribution in [0.25, 0.3) is 0 Å². The molecule has 3 heterocycles. The summed E-state index contributed by atoms with van der Waals surface area (Å²) in [6, 6.07) is 12.2. The maximum absolute atomic E-state index is 13.3. The molecule has 35 heavy (non-hydrogen) atoms. The fraction of sp³-hybridized carbons (Fsp3) is 0.464. The van der Waals surface area contributed by atoms with Crippen molar-refractivity contribution in [2.24, 2.45) is 16.6 Å². The molecule has 182 valence electrons. The molecule has 0 radical (unpaired) electrons. The number of benzene rings is 2. The summed E-state index contributed by atoms with van der Waals surface area (Å²) in [5.74, 6) is 1.94. The van der Waals surface area contributed by atoms with Gasteiger partial charge in [-0.05, 0) is 85.8 Å². The van der Waals surface area contributed by atoms with E-state index >= 15 is 0 Å². The normalized spacial score (nSPS) is 27.5. The molecule has 1 saturated carbocycles. The first-order chi connectivity index (χ1) is 17.0. The van der Waals surface area contributed by atoms with Crippen molar-refractivity contribution in [1.29, 1.82) is 0 Å². The smallest absolute Gasteiger partial charge is 0.251 e. The van der Waals surface area contributed by atoms with Gasteiger partial charge in [0.15, 0.2) is 5.96 Å². The molecule has 4 unspecified atom stereocenters. The molecular weight excluding hydrogens is 440 g/mol. The average molecular weight is 473 g/mol. The van der Waals surface area contributed by atoms with E-state index in [0.29, 0.717) is 36.2 Å². The van der Waals surface area contributed by atoms with E-state index in [9.17, 15) is 9.59 Å². The number of aliphatic imine (C=N–C) groups is 1. The second kappa shape index (κ2) is 8.70. The molecule has 2 aromatic carbocycles. The Balaban J connectivity index is 1.38. The highest BCUT2D eigenvalue weighted by Crippen LogP contribution is 2.51. The predicted octanol–water partition coefficient (Wildman–Crippen LogP) is 3.82. The molecule has 3 N–H and O–H groups in total. The number of aryl methyl sites for hydroxylation is 1. The zero-order chi connectivity index (χ0) is 24.1. The zero-order valence-electron chi connectivity index (χ0n) is 20.1. The summed E-state index contributed by atoms with van der Waals surface area (Å²) in [6.45, 7) is 2.64. The molecule has 4 atom stereocenters. The van der Waals surface area contributed by atoms with Crippen molar-refractivity contribution in [1.82, 2.24) is 10.2 Å². The quantitative estimate of drug-likeness (QED) is 0.695. The number of nitrogens with zero attached hydrogens (tertiary/aromatic N) is 2.